The van der Waals surface area contributed by atoms with E-state index < -0.39 is 8.07 Å². The molecule has 1 heterocycles. The van der Waals surface area contributed by atoms with Crippen LogP contribution in [-0.4, -0.2) is 40.2 Å². The molecule has 4 nitrogen and oxygen atoms in total. The Balaban J connectivity index is 1.89. The highest BCUT2D eigenvalue weighted by Gasteiger charge is 2.29. The Labute approximate surface area is 160 Å². The van der Waals surface area contributed by atoms with Gasteiger partial charge in [-0.25, -0.2) is 4.79 Å². The third-order valence-corrected chi connectivity index (χ3v) is 6.85. The largest absolute Gasteiger partial charge is 0.463 e. The van der Waals surface area contributed by atoms with Gasteiger partial charge in [-0.2, -0.15) is 0 Å². The van der Waals surface area contributed by atoms with Crippen LogP contribution in [-0.2, 0) is 19.0 Å². The second kappa shape index (κ2) is 10.6. The van der Waals surface area contributed by atoms with Crippen molar-refractivity contribution in [3.63, 3.8) is 0 Å². The van der Waals surface area contributed by atoms with Crippen LogP contribution in [0.5, 0.6) is 0 Å². The van der Waals surface area contributed by atoms with E-state index in [0.717, 1.165) is 50.0 Å². The Hall–Kier alpha value is -0.653. The Bertz CT molecular complexity index is 463. The maximum atomic E-state index is 12.3. The van der Waals surface area contributed by atoms with Gasteiger partial charge in [0.15, 0.2) is 6.29 Å². The van der Waals surface area contributed by atoms with E-state index in [2.05, 4.69) is 25.7 Å². The normalized spacial score (nSPS) is 25.5. The summed E-state index contributed by atoms with van der Waals surface area (Å²) < 4.78 is 16.7. The second-order valence-corrected chi connectivity index (χ2v) is 14.5. The summed E-state index contributed by atoms with van der Waals surface area (Å²) in [6.07, 6.45) is 10.3. The van der Waals surface area contributed by atoms with Crippen LogP contribution in [0, 0.1) is 11.8 Å². The minimum Gasteiger partial charge on any atom is -0.463 e. The van der Waals surface area contributed by atoms with E-state index in [0.29, 0.717) is 12.5 Å². The summed E-state index contributed by atoms with van der Waals surface area (Å²) in [6.45, 7) is 10.9. The smallest absolute Gasteiger partial charge is 0.333 e. The van der Waals surface area contributed by atoms with Gasteiger partial charge in [-0.05, 0) is 56.9 Å². The summed E-state index contributed by atoms with van der Waals surface area (Å²) in [6, 6.07) is 0.910. The predicted octanol–water partition coefficient (Wildman–Crippen LogP) is 5.16. The summed E-state index contributed by atoms with van der Waals surface area (Å²) in [5, 5.41) is 0. The van der Waals surface area contributed by atoms with E-state index >= 15 is 0 Å². The molecule has 1 saturated heterocycles. The quantitative estimate of drug-likeness (QED) is 0.314. The molecule has 2 fully saturated rings. The Kier molecular flexibility index (Phi) is 8.84. The van der Waals surface area contributed by atoms with E-state index in [1.54, 1.807) is 0 Å². The van der Waals surface area contributed by atoms with Crippen LogP contribution in [0.3, 0.4) is 0 Å². The van der Waals surface area contributed by atoms with E-state index in [9.17, 15) is 4.79 Å². The number of carbonyl (C=O) groups excluding carboxylic acids is 1. The maximum absolute atomic E-state index is 12.3. The first-order valence-electron chi connectivity index (χ1n) is 10.5. The van der Waals surface area contributed by atoms with Gasteiger partial charge in [-0.1, -0.05) is 38.6 Å². The number of allylic oxidation sites excluding steroid dienone is 1. The van der Waals surface area contributed by atoms with Crippen molar-refractivity contribution in [2.75, 3.05) is 19.8 Å². The van der Waals surface area contributed by atoms with Crippen molar-refractivity contribution in [3.05, 3.63) is 11.6 Å². The highest BCUT2D eigenvalue weighted by molar-refractivity contribution is 6.77. The van der Waals surface area contributed by atoms with Crippen molar-refractivity contribution in [1.82, 2.24) is 0 Å². The lowest BCUT2D eigenvalue weighted by Gasteiger charge is -2.26. The molecule has 26 heavy (non-hydrogen) atoms. The predicted molar refractivity (Wildman–Crippen MR) is 108 cm³/mol. The highest BCUT2D eigenvalue weighted by Crippen LogP contribution is 2.38. The highest BCUT2D eigenvalue weighted by atomic mass is 28.3. The molecule has 1 aliphatic heterocycles. The van der Waals surface area contributed by atoms with Crippen molar-refractivity contribution in [3.8, 4) is 0 Å². The van der Waals surface area contributed by atoms with Gasteiger partial charge in [0.2, 0.25) is 0 Å². The molecule has 2 unspecified atom stereocenters. The summed E-state index contributed by atoms with van der Waals surface area (Å²) >= 11 is 0. The zero-order chi connectivity index (χ0) is 19.0. The topological polar surface area (TPSA) is 44.8 Å². The number of ether oxygens (including phenoxy) is 3. The first-order chi connectivity index (χ1) is 12.4. The molecule has 0 N–H and O–H groups in total. The number of rotatable bonds is 9. The molecule has 1 aliphatic carbocycles. The third kappa shape index (κ3) is 7.53. The lowest BCUT2D eigenvalue weighted by Crippen LogP contribution is -2.26. The molecule has 150 valence electrons. The first-order valence-corrected chi connectivity index (χ1v) is 14.2. The van der Waals surface area contributed by atoms with Crippen molar-refractivity contribution in [2.24, 2.45) is 11.8 Å². The fourth-order valence-corrected chi connectivity index (χ4v) is 5.61. The Morgan fingerprint density at radius 2 is 1.77 bits per heavy atom. The van der Waals surface area contributed by atoms with Gasteiger partial charge in [0.05, 0.1) is 19.8 Å². The lowest BCUT2D eigenvalue weighted by atomic mass is 9.88. The monoisotopic (exact) mass is 382 g/mol. The van der Waals surface area contributed by atoms with Gasteiger partial charge >= 0.3 is 5.97 Å². The summed E-state index contributed by atoms with van der Waals surface area (Å²) in [4.78, 5) is 12.3. The van der Waals surface area contributed by atoms with Crippen molar-refractivity contribution >= 4 is 14.0 Å². The molecule has 2 aliphatic rings. The fourth-order valence-electron chi connectivity index (χ4n) is 4.17. The molecule has 2 atom stereocenters. The van der Waals surface area contributed by atoms with Crippen LogP contribution in [0.4, 0.5) is 0 Å². The fraction of sp³-hybridized carbons (Fsp3) is 0.857. The summed E-state index contributed by atoms with van der Waals surface area (Å²) in [5.41, 5.74) is 0.913. The van der Waals surface area contributed by atoms with Gasteiger partial charge in [-0.15, -0.1) is 0 Å². The number of esters is 1. The molecule has 0 amide bonds. The SMILES string of the molecule is CCOC(=O)/C(=C/CC1CCCC1CCC1OCCCO1)C[Si](C)(C)C. The minimum atomic E-state index is -1.35. The van der Waals surface area contributed by atoms with Crippen molar-refractivity contribution < 1.29 is 19.0 Å². The Morgan fingerprint density at radius 3 is 2.42 bits per heavy atom. The molecule has 1 saturated carbocycles. The lowest BCUT2D eigenvalue weighted by molar-refractivity contribution is -0.182. The van der Waals surface area contributed by atoms with Gasteiger partial charge < -0.3 is 14.2 Å². The molecular formula is C21H38O4Si. The van der Waals surface area contributed by atoms with Gasteiger partial charge in [0, 0.05) is 13.6 Å². The molecule has 0 spiro atoms. The molecule has 0 radical (unpaired) electrons. The van der Waals surface area contributed by atoms with Gasteiger partial charge in [0.1, 0.15) is 0 Å². The minimum absolute atomic E-state index is 0.00234. The van der Waals surface area contributed by atoms with E-state index in [-0.39, 0.29) is 12.3 Å². The van der Waals surface area contributed by atoms with E-state index in [4.69, 9.17) is 14.2 Å². The van der Waals surface area contributed by atoms with Crippen molar-refractivity contribution in [2.45, 2.75) is 83.8 Å². The van der Waals surface area contributed by atoms with Crippen LogP contribution < -0.4 is 0 Å². The second-order valence-electron chi connectivity index (χ2n) is 8.98. The molecule has 0 aromatic rings. The van der Waals surface area contributed by atoms with Crippen LogP contribution in [0.25, 0.3) is 0 Å². The molecule has 0 aromatic carbocycles. The third-order valence-electron chi connectivity index (χ3n) is 5.41. The van der Waals surface area contributed by atoms with Crippen LogP contribution in [0.1, 0.15) is 51.9 Å². The van der Waals surface area contributed by atoms with E-state index in [1.165, 1.54) is 25.7 Å². The zero-order valence-corrected chi connectivity index (χ0v) is 18.2. The molecule has 5 heteroatoms. The maximum Gasteiger partial charge on any atom is 0.333 e. The Morgan fingerprint density at radius 1 is 1.08 bits per heavy atom. The number of hydrogen-bond donors (Lipinski definition) is 0. The molecular weight excluding hydrogens is 344 g/mol. The van der Waals surface area contributed by atoms with Crippen LogP contribution >= 0.6 is 0 Å². The van der Waals surface area contributed by atoms with Gasteiger partial charge in [-0.3, -0.25) is 0 Å². The summed E-state index contributed by atoms with van der Waals surface area (Å²) in [7, 11) is -1.35. The van der Waals surface area contributed by atoms with Crippen molar-refractivity contribution in [1.29, 1.82) is 0 Å². The molecule has 0 bridgehead atoms. The first kappa shape index (κ1) is 21.6. The van der Waals surface area contributed by atoms with Gasteiger partial charge in [0.25, 0.3) is 0 Å². The molecule has 2 rings (SSSR count). The zero-order valence-electron chi connectivity index (χ0n) is 17.2. The number of carbonyl (C=O) groups is 1. The molecule has 0 aromatic heterocycles. The van der Waals surface area contributed by atoms with Crippen LogP contribution in [0.2, 0.25) is 25.7 Å². The number of hydrogen-bond acceptors (Lipinski definition) is 4. The van der Waals surface area contributed by atoms with E-state index in [1.807, 2.05) is 6.92 Å². The average molecular weight is 383 g/mol. The summed E-state index contributed by atoms with van der Waals surface area (Å²) in [5.74, 6) is 1.31. The standard InChI is InChI=1S/C21H38O4Si/c1-5-23-21(22)19(16-26(2,3)4)11-10-17-8-6-9-18(17)12-13-20-24-14-7-15-25-20/h11,17-18,20H,5-10,12-16H2,1-4H3/b19-11+. The van der Waals surface area contributed by atoms with Crippen LogP contribution in [0.15, 0.2) is 11.6 Å². The average Bonchev–Trinajstić information content (AvgIpc) is 3.04.